The van der Waals surface area contributed by atoms with Crippen LogP contribution in [0.2, 0.25) is 0 Å². The maximum absolute atomic E-state index is 12.0. The molecule has 2 N–H and O–H groups in total. The van der Waals surface area contributed by atoms with Crippen LogP contribution in [0.3, 0.4) is 0 Å². The normalized spacial score (nSPS) is 18.8. The van der Waals surface area contributed by atoms with Gasteiger partial charge in [0.25, 0.3) is 11.6 Å². The Hall–Kier alpha value is -2.44. The van der Waals surface area contributed by atoms with Crippen molar-refractivity contribution in [2.75, 3.05) is 6.54 Å². The summed E-state index contributed by atoms with van der Waals surface area (Å²) in [6.07, 6.45) is 2.31. The van der Waals surface area contributed by atoms with Gasteiger partial charge in [0.2, 0.25) is 5.91 Å². The summed E-state index contributed by atoms with van der Waals surface area (Å²) in [4.78, 5) is 33.9. The highest BCUT2D eigenvalue weighted by Crippen LogP contribution is 2.14. The highest BCUT2D eigenvalue weighted by Gasteiger charge is 2.23. The first-order chi connectivity index (χ1) is 9.58. The molecule has 0 radical (unpaired) electrons. The molecule has 7 heteroatoms. The zero-order valence-corrected chi connectivity index (χ0v) is 10.8. The lowest BCUT2D eigenvalue weighted by Gasteiger charge is -2.15. The Morgan fingerprint density at radius 3 is 2.95 bits per heavy atom. The average molecular weight is 277 g/mol. The van der Waals surface area contributed by atoms with Crippen molar-refractivity contribution in [1.29, 1.82) is 0 Å². The highest BCUT2D eigenvalue weighted by atomic mass is 16.6. The molecule has 106 valence electrons. The molecular formula is C13H15N3O4. The third kappa shape index (κ3) is 3.31. The third-order valence-electron chi connectivity index (χ3n) is 3.16. The van der Waals surface area contributed by atoms with Crippen LogP contribution >= 0.6 is 0 Å². The van der Waals surface area contributed by atoms with Gasteiger partial charge in [-0.05, 0) is 25.3 Å². The second-order valence-corrected chi connectivity index (χ2v) is 4.62. The molecule has 0 aliphatic carbocycles. The Kier molecular flexibility index (Phi) is 4.29. The van der Waals surface area contributed by atoms with Crippen molar-refractivity contribution < 1.29 is 14.5 Å². The quantitative estimate of drug-likeness (QED) is 0.635. The number of non-ortho nitro benzene ring substituents is 1. The van der Waals surface area contributed by atoms with Crippen molar-refractivity contribution in [1.82, 2.24) is 10.6 Å². The molecule has 0 spiro atoms. The van der Waals surface area contributed by atoms with Gasteiger partial charge >= 0.3 is 0 Å². The molecule has 1 fully saturated rings. The summed E-state index contributed by atoms with van der Waals surface area (Å²) in [5.41, 5.74) is 0.0271. The number of nitrogens with zero attached hydrogens (tertiary/aromatic N) is 1. The molecule has 0 aromatic heterocycles. The van der Waals surface area contributed by atoms with E-state index in [0.29, 0.717) is 13.0 Å². The molecule has 20 heavy (non-hydrogen) atoms. The summed E-state index contributed by atoms with van der Waals surface area (Å²) in [6, 6.07) is 4.86. The predicted molar refractivity (Wildman–Crippen MR) is 71.2 cm³/mol. The molecule has 2 amide bonds. The lowest BCUT2D eigenvalue weighted by molar-refractivity contribution is -0.384. The Labute approximate surface area is 115 Å². The molecule has 1 aromatic carbocycles. The smallest absolute Gasteiger partial charge is 0.270 e. The van der Waals surface area contributed by atoms with Gasteiger partial charge in [-0.3, -0.25) is 19.7 Å². The van der Waals surface area contributed by atoms with Gasteiger partial charge in [-0.2, -0.15) is 0 Å². The fourth-order valence-corrected chi connectivity index (χ4v) is 2.08. The molecule has 1 aliphatic rings. The third-order valence-corrected chi connectivity index (χ3v) is 3.16. The molecule has 1 saturated heterocycles. The van der Waals surface area contributed by atoms with Crippen LogP contribution in [0.1, 0.15) is 29.6 Å². The van der Waals surface area contributed by atoms with Crippen molar-refractivity contribution >= 4 is 17.5 Å². The van der Waals surface area contributed by atoms with E-state index in [2.05, 4.69) is 10.6 Å². The highest BCUT2D eigenvalue weighted by molar-refractivity contribution is 5.98. The number of carbonyl (C=O) groups is 2. The molecule has 1 heterocycles. The summed E-state index contributed by atoms with van der Waals surface area (Å²) in [6.45, 7) is 0.613. The van der Waals surface area contributed by atoms with Crippen molar-refractivity contribution in [3.8, 4) is 0 Å². The van der Waals surface area contributed by atoms with Crippen LogP contribution in [0.15, 0.2) is 24.3 Å². The fraction of sp³-hybridized carbons (Fsp3) is 0.385. The standard InChI is InChI=1S/C13H15N3O4/c17-12(9-4-3-5-10(8-9)16(19)20)15-11-6-1-2-7-14-13(11)18/h3-5,8,11H,1-2,6-7H2,(H,14,18)(H,15,17). The van der Waals surface area contributed by atoms with Gasteiger partial charge in [0.15, 0.2) is 0 Å². The number of nitro benzene ring substituents is 1. The molecule has 1 aromatic rings. The van der Waals surface area contributed by atoms with Gasteiger partial charge in [0.1, 0.15) is 6.04 Å². The minimum absolute atomic E-state index is 0.150. The largest absolute Gasteiger partial charge is 0.354 e. The van der Waals surface area contributed by atoms with Crippen LogP contribution in [-0.2, 0) is 4.79 Å². The number of hydrogen-bond acceptors (Lipinski definition) is 4. The summed E-state index contributed by atoms with van der Waals surface area (Å²) >= 11 is 0. The van der Waals surface area contributed by atoms with E-state index in [1.165, 1.54) is 24.3 Å². The van der Waals surface area contributed by atoms with Crippen LogP contribution in [0, 0.1) is 10.1 Å². The second kappa shape index (κ2) is 6.14. The van der Waals surface area contributed by atoms with Gasteiger partial charge in [0, 0.05) is 24.2 Å². The first kappa shape index (κ1) is 14.0. The number of nitrogens with one attached hydrogen (secondary N) is 2. The van der Waals surface area contributed by atoms with E-state index in [1.807, 2.05) is 0 Å². The molecular weight excluding hydrogens is 262 g/mol. The minimum Gasteiger partial charge on any atom is -0.354 e. The molecule has 1 unspecified atom stereocenters. The SMILES string of the molecule is O=C(NC1CCCCNC1=O)c1cccc([N+](=O)[O-])c1. The molecule has 0 bridgehead atoms. The molecule has 1 atom stereocenters. The molecule has 7 nitrogen and oxygen atoms in total. The summed E-state index contributed by atoms with van der Waals surface area (Å²) < 4.78 is 0. The van der Waals surface area contributed by atoms with Gasteiger partial charge in [-0.25, -0.2) is 0 Å². The zero-order valence-electron chi connectivity index (χ0n) is 10.8. The van der Waals surface area contributed by atoms with Crippen molar-refractivity contribution in [2.45, 2.75) is 25.3 Å². The van der Waals surface area contributed by atoms with E-state index in [0.717, 1.165) is 12.8 Å². The van der Waals surface area contributed by atoms with Gasteiger partial charge < -0.3 is 10.6 Å². The van der Waals surface area contributed by atoms with Crippen molar-refractivity contribution in [2.24, 2.45) is 0 Å². The van der Waals surface area contributed by atoms with E-state index in [9.17, 15) is 19.7 Å². The van der Waals surface area contributed by atoms with Crippen LogP contribution in [0.4, 0.5) is 5.69 Å². The first-order valence-corrected chi connectivity index (χ1v) is 6.41. The summed E-state index contributed by atoms with van der Waals surface area (Å²) in [5, 5.41) is 16.0. The molecule has 2 rings (SSSR count). The number of nitro groups is 1. The maximum Gasteiger partial charge on any atom is 0.270 e. The van der Waals surface area contributed by atoms with E-state index in [4.69, 9.17) is 0 Å². The van der Waals surface area contributed by atoms with E-state index in [-0.39, 0.29) is 17.2 Å². The van der Waals surface area contributed by atoms with Crippen LogP contribution < -0.4 is 10.6 Å². The van der Waals surface area contributed by atoms with Crippen molar-refractivity contribution in [3.05, 3.63) is 39.9 Å². The Balaban J connectivity index is 2.09. The number of hydrogen-bond donors (Lipinski definition) is 2. The molecule has 0 saturated carbocycles. The van der Waals surface area contributed by atoms with Gasteiger partial charge in [-0.15, -0.1) is 0 Å². The Morgan fingerprint density at radius 2 is 2.20 bits per heavy atom. The first-order valence-electron chi connectivity index (χ1n) is 6.41. The average Bonchev–Trinajstić information content (AvgIpc) is 2.64. The van der Waals surface area contributed by atoms with E-state index >= 15 is 0 Å². The van der Waals surface area contributed by atoms with Gasteiger partial charge in [-0.1, -0.05) is 6.07 Å². The topological polar surface area (TPSA) is 101 Å². The van der Waals surface area contributed by atoms with E-state index in [1.54, 1.807) is 0 Å². The second-order valence-electron chi connectivity index (χ2n) is 4.62. The lowest BCUT2D eigenvalue weighted by Crippen LogP contribution is -2.45. The maximum atomic E-state index is 12.0. The molecule has 1 aliphatic heterocycles. The number of carbonyl (C=O) groups excluding carboxylic acids is 2. The van der Waals surface area contributed by atoms with Crippen LogP contribution in [0.25, 0.3) is 0 Å². The van der Waals surface area contributed by atoms with Gasteiger partial charge in [0.05, 0.1) is 4.92 Å². The monoisotopic (exact) mass is 277 g/mol. The Morgan fingerprint density at radius 1 is 1.40 bits per heavy atom. The fourth-order valence-electron chi connectivity index (χ4n) is 2.08. The summed E-state index contributed by atoms with van der Waals surface area (Å²) in [7, 11) is 0. The number of rotatable bonds is 3. The van der Waals surface area contributed by atoms with Crippen molar-refractivity contribution in [3.63, 3.8) is 0 Å². The minimum atomic E-state index is -0.579. The summed E-state index contributed by atoms with van der Waals surface area (Å²) in [5.74, 6) is -0.683. The predicted octanol–water partition coefficient (Wildman–Crippen LogP) is 0.993. The van der Waals surface area contributed by atoms with Crippen LogP contribution in [0.5, 0.6) is 0 Å². The van der Waals surface area contributed by atoms with Crippen LogP contribution in [-0.4, -0.2) is 29.3 Å². The number of amides is 2. The lowest BCUT2D eigenvalue weighted by atomic mass is 10.1. The number of benzene rings is 1. The van der Waals surface area contributed by atoms with E-state index < -0.39 is 16.9 Å². The zero-order chi connectivity index (χ0) is 14.5. The Bertz CT molecular complexity index is 544.